The van der Waals surface area contributed by atoms with Gasteiger partial charge in [-0.15, -0.1) is 0 Å². The molecule has 1 fully saturated rings. The molecule has 1 aliphatic rings. The molecule has 0 radical (unpaired) electrons. The van der Waals surface area contributed by atoms with Gasteiger partial charge in [-0.1, -0.05) is 26.7 Å². The molecular weight excluding hydrogens is 258 g/mol. The number of rotatable bonds is 2. The predicted octanol–water partition coefficient (Wildman–Crippen LogP) is 3.13. The zero-order valence-electron chi connectivity index (χ0n) is 13.4. The number of nitrogens with zero attached hydrogens (tertiary/aromatic N) is 1. The van der Waals surface area contributed by atoms with Crippen LogP contribution in [0.2, 0.25) is 0 Å². The van der Waals surface area contributed by atoms with E-state index < -0.39 is 23.2 Å². The highest BCUT2D eigenvalue weighted by Gasteiger charge is 2.53. The number of carbonyl (C=O) groups is 2. The summed E-state index contributed by atoms with van der Waals surface area (Å²) in [6, 6.07) is 0. The van der Waals surface area contributed by atoms with Crippen LogP contribution in [0.25, 0.3) is 0 Å². The van der Waals surface area contributed by atoms with Crippen LogP contribution in [0.5, 0.6) is 0 Å². The number of carboxylic acids is 1. The van der Waals surface area contributed by atoms with Crippen molar-refractivity contribution in [3.8, 4) is 0 Å². The van der Waals surface area contributed by atoms with E-state index in [2.05, 4.69) is 0 Å². The lowest BCUT2D eigenvalue weighted by atomic mass is 9.67. The summed E-state index contributed by atoms with van der Waals surface area (Å²) in [4.78, 5) is 25.4. The van der Waals surface area contributed by atoms with Gasteiger partial charge in [0.1, 0.15) is 11.1 Å². The Morgan fingerprint density at radius 1 is 1.30 bits per heavy atom. The fraction of sp³-hybridized carbons (Fsp3) is 0.867. The maximum absolute atomic E-state index is 12.3. The molecule has 3 atom stereocenters. The molecule has 1 N–H and O–H groups in total. The number of ether oxygens (including phenoxy) is 1. The minimum Gasteiger partial charge on any atom is -0.479 e. The molecule has 0 aliphatic heterocycles. The van der Waals surface area contributed by atoms with Crippen molar-refractivity contribution in [3.05, 3.63) is 0 Å². The molecule has 3 unspecified atom stereocenters. The van der Waals surface area contributed by atoms with Crippen molar-refractivity contribution in [2.45, 2.75) is 65.0 Å². The third-order valence-corrected chi connectivity index (χ3v) is 4.46. The number of aliphatic carboxylic acids is 1. The lowest BCUT2D eigenvalue weighted by Crippen LogP contribution is -2.62. The minimum atomic E-state index is -1.17. The smallest absolute Gasteiger partial charge is 0.410 e. The maximum atomic E-state index is 12.3. The second-order valence-electron chi connectivity index (χ2n) is 6.93. The quantitative estimate of drug-likeness (QED) is 0.846. The monoisotopic (exact) mass is 285 g/mol. The second-order valence-corrected chi connectivity index (χ2v) is 6.93. The normalized spacial score (nSPS) is 30.7. The first-order chi connectivity index (χ1) is 9.02. The van der Waals surface area contributed by atoms with Crippen molar-refractivity contribution < 1.29 is 19.4 Å². The summed E-state index contributed by atoms with van der Waals surface area (Å²) in [5.74, 6) is -0.777. The molecule has 5 nitrogen and oxygen atoms in total. The third kappa shape index (κ3) is 3.07. The van der Waals surface area contributed by atoms with Crippen LogP contribution in [0.15, 0.2) is 0 Å². The van der Waals surface area contributed by atoms with E-state index in [9.17, 15) is 14.7 Å². The van der Waals surface area contributed by atoms with Crippen molar-refractivity contribution in [1.82, 2.24) is 4.90 Å². The second kappa shape index (κ2) is 5.62. The Bertz CT molecular complexity index is 388. The van der Waals surface area contributed by atoms with Gasteiger partial charge in [0.05, 0.1) is 0 Å². The first-order valence-electron chi connectivity index (χ1n) is 7.22. The largest absolute Gasteiger partial charge is 0.479 e. The number of carbonyl (C=O) groups excluding carboxylic acids is 1. The van der Waals surface area contributed by atoms with Crippen LogP contribution >= 0.6 is 0 Å². The zero-order chi connectivity index (χ0) is 15.7. The summed E-state index contributed by atoms with van der Waals surface area (Å²) >= 11 is 0. The maximum Gasteiger partial charge on any atom is 0.410 e. The van der Waals surface area contributed by atoms with Crippen LogP contribution < -0.4 is 0 Å². The highest BCUT2D eigenvalue weighted by atomic mass is 16.6. The Morgan fingerprint density at radius 3 is 2.30 bits per heavy atom. The number of carboxylic acid groups (broad SMARTS) is 1. The first-order valence-corrected chi connectivity index (χ1v) is 7.22. The topological polar surface area (TPSA) is 66.8 Å². The van der Waals surface area contributed by atoms with Gasteiger partial charge in [-0.25, -0.2) is 9.59 Å². The molecule has 116 valence electrons. The molecule has 0 bridgehead atoms. The van der Waals surface area contributed by atoms with Gasteiger partial charge in [0.15, 0.2) is 0 Å². The fourth-order valence-corrected chi connectivity index (χ4v) is 3.05. The standard InChI is InChI=1S/C15H27NO4/c1-10-8-7-9-15(11(10)2,12(17)18)16(6)13(19)20-14(3,4)5/h10-11H,7-9H2,1-6H3,(H,17,18). The molecule has 0 saturated heterocycles. The van der Waals surface area contributed by atoms with Gasteiger partial charge in [-0.05, 0) is 39.0 Å². The minimum absolute atomic E-state index is 0.105. The number of hydrogen-bond acceptors (Lipinski definition) is 3. The van der Waals surface area contributed by atoms with Crippen molar-refractivity contribution in [2.24, 2.45) is 11.8 Å². The van der Waals surface area contributed by atoms with Gasteiger partial charge in [-0.2, -0.15) is 0 Å². The Kier molecular flexibility index (Phi) is 4.72. The molecule has 0 aromatic heterocycles. The van der Waals surface area contributed by atoms with Gasteiger partial charge in [0.25, 0.3) is 0 Å². The van der Waals surface area contributed by atoms with E-state index in [-0.39, 0.29) is 11.8 Å². The summed E-state index contributed by atoms with van der Waals surface area (Å²) < 4.78 is 5.34. The van der Waals surface area contributed by atoms with Crippen LogP contribution in [0, 0.1) is 11.8 Å². The Hall–Kier alpha value is -1.26. The first kappa shape index (κ1) is 16.8. The SMILES string of the molecule is CC1CCCC(C(=O)O)(N(C)C(=O)OC(C)(C)C)C1C. The van der Waals surface area contributed by atoms with Crippen LogP contribution in [-0.2, 0) is 9.53 Å². The van der Waals surface area contributed by atoms with E-state index in [0.717, 1.165) is 12.8 Å². The lowest BCUT2D eigenvalue weighted by Gasteiger charge is -2.47. The molecule has 20 heavy (non-hydrogen) atoms. The fourth-order valence-electron chi connectivity index (χ4n) is 3.05. The summed E-state index contributed by atoms with van der Waals surface area (Å²) in [6.45, 7) is 9.29. The molecule has 1 amide bonds. The molecule has 1 saturated carbocycles. The Balaban J connectivity index is 3.07. The van der Waals surface area contributed by atoms with E-state index in [0.29, 0.717) is 6.42 Å². The zero-order valence-corrected chi connectivity index (χ0v) is 13.4. The molecular formula is C15H27NO4. The number of hydrogen-bond donors (Lipinski definition) is 1. The van der Waals surface area contributed by atoms with Crippen molar-refractivity contribution in [2.75, 3.05) is 7.05 Å². The Morgan fingerprint density at radius 2 is 1.85 bits per heavy atom. The van der Waals surface area contributed by atoms with Crippen LogP contribution in [-0.4, -0.2) is 40.3 Å². The summed E-state index contributed by atoms with van der Waals surface area (Å²) in [5.41, 5.74) is -1.80. The van der Waals surface area contributed by atoms with Gasteiger partial charge in [-0.3, -0.25) is 4.90 Å². The highest BCUT2D eigenvalue weighted by molar-refractivity contribution is 5.85. The molecule has 1 rings (SSSR count). The van der Waals surface area contributed by atoms with E-state index >= 15 is 0 Å². The molecule has 0 aromatic rings. The van der Waals surface area contributed by atoms with E-state index in [4.69, 9.17) is 4.74 Å². The summed E-state index contributed by atoms with van der Waals surface area (Å²) in [5, 5.41) is 9.75. The lowest BCUT2D eigenvalue weighted by molar-refractivity contribution is -0.158. The van der Waals surface area contributed by atoms with Crippen LogP contribution in [0.1, 0.15) is 53.9 Å². The molecule has 1 aliphatic carbocycles. The van der Waals surface area contributed by atoms with Crippen LogP contribution in [0.4, 0.5) is 4.79 Å². The predicted molar refractivity (Wildman–Crippen MR) is 76.5 cm³/mol. The summed E-state index contributed by atoms with van der Waals surface area (Å²) in [7, 11) is 1.54. The van der Waals surface area contributed by atoms with Gasteiger partial charge in [0.2, 0.25) is 0 Å². The average molecular weight is 285 g/mol. The summed E-state index contributed by atoms with van der Waals surface area (Å²) in [6.07, 6.45) is 1.72. The van der Waals surface area contributed by atoms with Gasteiger partial charge >= 0.3 is 12.1 Å². The van der Waals surface area contributed by atoms with Gasteiger partial charge < -0.3 is 9.84 Å². The Labute approximate surface area is 121 Å². The molecule has 0 heterocycles. The van der Waals surface area contributed by atoms with Crippen LogP contribution in [0.3, 0.4) is 0 Å². The number of likely N-dealkylation sites (N-methyl/N-ethyl adjacent to an activating group) is 1. The molecule has 0 aromatic carbocycles. The van der Waals surface area contributed by atoms with E-state index in [1.165, 1.54) is 11.9 Å². The van der Waals surface area contributed by atoms with E-state index in [1.807, 2.05) is 13.8 Å². The molecule has 0 spiro atoms. The van der Waals surface area contributed by atoms with Crippen molar-refractivity contribution >= 4 is 12.1 Å². The van der Waals surface area contributed by atoms with Crippen molar-refractivity contribution in [3.63, 3.8) is 0 Å². The van der Waals surface area contributed by atoms with Crippen molar-refractivity contribution in [1.29, 1.82) is 0 Å². The third-order valence-electron chi connectivity index (χ3n) is 4.46. The number of amides is 1. The molecule has 5 heteroatoms. The highest BCUT2D eigenvalue weighted by Crippen LogP contribution is 2.42. The van der Waals surface area contributed by atoms with Gasteiger partial charge in [0, 0.05) is 7.05 Å². The van der Waals surface area contributed by atoms with E-state index in [1.54, 1.807) is 20.8 Å². The average Bonchev–Trinajstić information content (AvgIpc) is 2.29.